The largest absolute Gasteiger partial charge is 0.379 e. The van der Waals surface area contributed by atoms with Crippen LogP contribution in [0.25, 0.3) is 10.9 Å². The van der Waals surface area contributed by atoms with Crippen molar-refractivity contribution in [3.63, 3.8) is 0 Å². The van der Waals surface area contributed by atoms with Crippen LogP contribution >= 0.6 is 23.4 Å². The van der Waals surface area contributed by atoms with Gasteiger partial charge in [0.15, 0.2) is 5.69 Å². The number of rotatable bonds is 8. The summed E-state index contributed by atoms with van der Waals surface area (Å²) in [5.74, 6) is -0.0416. The molecule has 1 fully saturated rings. The lowest BCUT2D eigenvalue weighted by Gasteiger charge is -2.26. The number of thioether (sulfide) groups is 1. The zero-order valence-electron chi connectivity index (χ0n) is 20.2. The fourth-order valence-corrected chi connectivity index (χ4v) is 5.16. The first-order valence-electron chi connectivity index (χ1n) is 12.1. The van der Waals surface area contributed by atoms with E-state index in [0.29, 0.717) is 35.0 Å². The molecule has 37 heavy (non-hydrogen) atoms. The van der Waals surface area contributed by atoms with E-state index in [0.717, 1.165) is 35.7 Å². The Bertz CT molecular complexity index is 1440. The zero-order chi connectivity index (χ0) is 25.6. The second-order valence-electron chi connectivity index (χ2n) is 8.81. The van der Waals surface area contributed by atoms with Crippen molar-refractivity contribution < 1.29 is 9.53 Å². The SMILES string of the molecule is O=C(NCc1ccc(Cl)cc1)c1nn(CSc2ccccc2)c2ccc(CN3CCOCC3)cc2c1=O. The Morgan fingerprint density at radius 3 is 2.49 bits per heavy atom. The summed E-state index contributed by atoms with van der Waals surface area (Å²) >= 11 is 7.55. The predicted molar refractivity (Wildman–Crippen MR) is 147 cm³/mol. The maximum atomic E-state index is 13.5. The first kappa shape index (κ1) is 25.5. The molecule has 2 heterocycles. The predicted octanol–water partition coefficient (Wildman–Crippen LogP) is 4.56. The number of benzene rings is 3. The van der Waals surface area contributed by atoms with E-state index in [1.165, 1.54) is 0 Å². The molecule has 4 aromatic rings. The molecule has 0 saturated carbocycles. The van der Waals surface area contributed by atoms with Crippen molar-refractivity contribution >= 4 is 40.2 Å². The van der Waals surface area contributed by atoms with Gasteiger partial charge in [0.25, 0.3) is 5.91 Å². The van der Waals surface area contributed by atoms with E-state index in [4.69, 9.17) is 16.3 Å². The standard InChI is InChI=1S/C28H27ClN4O3S/c29-22-9-6-20(7-10-22)17-30-28(35)26-27(34)24-16-21(18-32-12-14-36-15-13-32)8-11-25(24)33(31-26)19-37-23-4-2-1-3-5-23/h1-11,16H,12-15,17-19H2,(H,30,35). The van der Waals surface area contributed by atoms with Gasteiger partial charge in [0, 0.05) is 36.1 Å². The number of hydrogen-bond donors (Lipinski definition) is 1. The maximum Gasteiger partial charge on any atom is 0.276 e. The lowest BCUT2D eigenvalue weighted by molar-refractivity contribution is 0.0342. The topological polar surface area (TPSA) is 76.5 Å². The Balaban J connectivity index is 1.46. The number of aromatic nitrogens is 2. The Morgan fingerprint density at radius 1 is 1.00 bits per heavy atom. The summed E-state index contributed by atoms with van der Waals surface area (Å²) in [5.41, 5.74) is 2.12. The summed E-state index contributed by atoms with van der Waals surface area (Å²) < 4.78 is 7.19. The zero-order valence-corrected chi connectivity index (χ0v) is 21.8. The normalized spacial score (nSPS) is 14.1. The summed E-state index contributed by atoms with van der Waals surface area (Å²) in [7, 11) is 0. The van der Waals surface area contributed by atoms with Crippen molar-refractivity contribution in [1.82, 2.24) is 20.0 Å². The molecule has 1 N–H and O–H groups in total. The van der Waals surface area contributed by atoms with Crippen molar-refractivity contribution in [3.8, 4) is 0 Å². The van der Waals surface area contributed by atoms with Gasteiger partial charge in [-0.15, -0.1) is 11.8 Å². The summed E-state index contributed by atoms with van der Waals surface area (Å²) in [5, 5.41) is 8.46. The molecule has 190 valence electrons. The van der Waals surface area contributed by atoms with Crippen molar-refractivity contribution in [2.45, 2.75) is 23.9 Å². The van der Waals surface area contributed by atoms with Crippen LogP contribution in [0.4, 0.5) is 0 Å². The molecule has 0 bridgehead atoms. The molecule has 1 aliphatic rings. The molecule has 9 heteroatoms. The van der Waals surface area contributed by atoms with Gasteiger partial charge < -0.3 is 10.1 Å². The smallest absolute Gasteiger partial charge is 0.276 e. The molecular formula is C28H27ClN4O3S. The van der Waals surface area contributed by atoms with E-state index in [-0.39, 0.29) is 17.7 Å². The van der Waals surface area contributed by atoms with Gasteiger partial charge in [-0.05, 0) is 47.5 Å². The number of morpholine rings is 1. The minimum atomic E-state index is -0.501. The van der Waals surface area contributed by atoms with E-state index in [2.05, 4.69) is 15.3 Å². The van der Waals surface area contributed by atoms with Crippen molar-refractivity contribution in [1.29, 1.82) is 0 Å². The molecule has 1 amide bonds. The highest BCUT2D eigenvalue weighted by atomic mass is 35.5. The molecule has 0 spiro atoms. The van der Waals surface area contributed by atoms with Crippen LogP contribution in [-0.2, 0) is 23.7 Å². The van der Waals surface area contributed by atoms with Crippen LogP contribution in [0, 0.1) is 0 Å². The van der Waals surface area contributed by atoms with Gasteiger partial charge in [-0.2, -0.15) is 5.10 Å². The van der Waals surface area contributed by atoms with Crippen LogP contribution in [-0.4, -0.2) is 46.9 Å². The van der Waals surface area contributed by atoms with E-state index in [1.807, 2.05) is 60.7 Å². The quantitative estimate of drug-likeness (QED) is 0.334. The van der Waals surface area contributed by atoms with Crippen molar-refractivity contribution in [2.75, 3.05) is 26.3 Å². The molecule has 5 rings (SSSR count). The van der Waals surface area contributed by atoms with Gasteiger partial charge in [-0.3, -0.25) is 19.2 Å². The molecule has 7 nitrogen and oxygen atoms in total. The van der Waals surface area contributed by atoms with E-state index in [1.54, 1.807) is 28.6 Å². The Hall–Kier alpha value is -3.17. The fraction of sp³-hybridized carbons (Fsp3) is 0.250. The van der Waals surface area contributed by atoms with Crippen LogP contribution in [0.15, 0.2) is 82.5 Å². The van der Waals surface area contributed by atoms with Crippen LogP contribution in [0.1, 0.15) is 21.6 Å². The monoisotopic (exact) mass is 534 g/mol. The molecule has 0 aliphatic carbocycles. The second-order valence-corrected chi connectivity index (χ2v) is 10.3. The average molecular weight is 535 g/mol. The van der Waals surface area contributed by atoms with E-state index < -0.39 is 5.91 Å². The number of hydrogen-bond acceptors (Lipinski definition) is 6. The first-order valence-corrected chi connectivity index (χ1v) is 13.5. The number of amides is 1. The number of nitrogens with zero attached hydrogens (tertiary/aromatic N) is 3. The number of ether oxygens (including phenoxy) is 1. The van der Waals surface area contributed by atoms with Crippen LogP contribution in [0.5, 0.6) is 0 Å². The van der Waals surface area contributed by atoms with E-state index in [9.17, 15) is 9.59 Å². The fourth-order valence-electron chi connectivity index (χ4n) is 4.22. The Kier molecular flexibility index (Phi) is 8.21. The summed E-state index contributed by atoms with van der Waals surface area (Å²) in [6, 6.07) is 23.0. The van der Waals surface area contributed by atoms with Crippen LogP contribution in [0.2, 0.25) is 5.02 Å². The Labute approximate surface area is 224 Å². The molecule has 3 aromatic carbocycles. The number of carbonyl (C=O) groups is 1. The van der Waals surface area contributed by atoms with Crippen molar-refractivity contribution in [2.24, 2.45) is 0 Å². The summed E-state index contributed by atoms with van der Waals surface area (Å²) in [6.45, 7) is 4.11. The molecule has 0 radical (unpaired) electrons. The van der Waals surface area contributed by atoms with Crippen molar-refractivity contribution in [3.05, 3.63) is 105 Å². The van der Waals surface area contributed by atoms with Gasteiger partial charge in [0.05, 0.1) is 30.0 Å². The number of carbonyl (C=O) groups excluding carboxylic acids is 1. The van der Waals surface area contributed by atoms with Gasteiger partial charge in [-0.1, -0.05) is 48.0 Å². The van der Waals surface area contributed by atoms with Gasteiger partial charge in [0.2, 0.25) is 5.43 Å². The lowest BCUT2D eigenvalue weighted by Crippen LogP contribution is -2.35. The third-order valence-corrected chi connectivity index (χ3v) is 7.44. The average Bonchev–Trinajstić information content (AvgIpc) is 2.93. The molecule has 0 unspecified atom stereocenters. The van der Waals surface area contributed by atoms with Gasteiger partial charge in [0.1, 0.15) is 0 Å². The minimum absolute atomic E-state index is 0.112. The molecule has 1 saturated heterocycles. The maximum absolute atomic E-state index is 13.5. The second kappa shape index (κ2) is 11.9. The number of nitrogens with one attached hydrogen (secondary N) is 1. The number of fused-ring (bicyclic) bond motifs is 1. The number of halogens is 1. The van der Waals surface area contributed by atoms with Gasteiger partial charge >= 0.3 is 0 Å². The highest BCUT2D eigenvalue weighted by molar-refractivity contribution is 7.98. The molecule has 0 atom stereocenters. The highest BCUT2D eigenvalue weighted by Crippen LogP contribution is 2.22. The van der Waals surface area contributed by atoms with Crippen LogP contribution < -0.4 is 10.7 Å². The Morgan fingerprint density at radius 2 is 1.73 bits per heavy atom. The third kappa shape index (κ3) is 6.40. The van der Waals surface area contributed by atoms with Gasteiger partial charge in [-0.25, -0.2) is 0 Å². The summed E-state index contributed by atoms with van der Waals surface area (Å²) in [6.07, 6.45) is 0. The minimum Gasteiger partial charge on any atom is -0.379 e. The molecule has 1 aliphatic heterocycles. The van der Waals surface area contributed by atoms with Crippen LogP contribution in [0.3, 0.4) is 0 Å². The first-order chi connectivity index (χ1) is 18.1. The van der Waals surface area contributed by atoms with E-state index >= 15 is 0 Å². The highest BCUT2D eigenvalue weighted by Gasteiger charge is 2.19. The molecular weight excluding hydrogens is 508 g/mol. The summed E-state index contributed by atoms with van der Waals surface area (Å²) in [4.78, 5) is 30.0. The molecule has 1 aromatic heterocycles. The third-order valence-electron chi connectivity index (χ3n) is 6.21. The lowest BCUT2D eigenvalue weighted by atomic mass is 10.1.